The molecule has 1 heterocycles. The number of ether oxygens (including phenoxy) is 2. The Morgan fingerprint density at radius 2 is 1.32 bits per heavy atom. The van der Waals surface area contributed by atoms with Gasteiger partial charge in [-0.25, -0.2) is 0 Å². The summed E-state index contributed by atoms with van der Waals surface area (Å²) >= 11 is 1.61. The first-order chi connectivity index (χ1) is 13.5. The summed E-state index contributed by atoms with van der Waals surface area (Å²) in [5.74, 6) is 2.23. The summed E-state index contributed by atoms with van der Waals surface area (Å²) in [5.41, 5.74) is 4.09. The van der Waals surface area contributed by atoms with Gasteiger partial charge in [0.05, 0.1) is 31.4 Å². The van der Waals surface area contributed by atoms with Crippen LogP contribution in [0.2, 0.25) is 0 Å². The maximum absolute atomic E-state index is 11.6. The standard InChI is InChI=1S/C22H26N2O3S/c1-15(25)14-28-22-23(2)20(16-10-6-8-12-18(16)26-4)21(24(22)3)17-11-7-9-13-19(17)27-5/h6-13,22H,14H2,1-5H3. The lowest BCUT2D eigenvalue weighted by molar-refractivity contribution is -0.114. The number of hydrogen-bond donors (Lipinski definition) is 0. The van der Waals surface area contributed by atoms with Crippen molar-refractivity contribution in [3.63, 3.8) is 0 Å². The molecule has 0 fully saturated rings. The zero-order chi connectivity index (χ0) is 20.3. The fraction of sp³-hybridized carbons (Fsp3) is 0.318. The first-order valence-corrected chi connectivity index (χ1v) is 10.1. The maximum Gasteiger partial charge on any atom is 0.150 e. The smallest absolute Gasteiger partial charge is 0.150 e. The Morgan fingerprint density at radius 1 is 0.893 bits per heavy atom. The number of benzene rings is 2. The molecule has 0 spiro atoms. The van der Waals surface area contributed by atoms with Crippen LogP contribution in [0.4, 0.5) is 0 Å². The molecule has 2 aromatic carbocycles. The topological polar surface area (TPSA) is 42.0 Å². The Balaban J connectivity index is 2.20. The van der Waals surface area contributed by atoms with Crippen molar-refractivity contribution in [1.82, 2.24) is 9.80 Å². The Kier molecular flexibility index (Phi) is 6.19. The molecule has 3 rings (SSSR count). The van der Waals surface area contributed by atoms with Gasteiger partial charge in [-0.2, -0.15) is 0 Å². The molecule has 148 valence electrons. The van der Waals surface area contributed by atoms with E-state index in [0.29, 0.717) is 5.75 Å². The van der Waals surface area contributed by atoms with Gasteiger partial charge in [0.25, 0.3) is 0 Å². The minimum atomic E-state index is -0.0104. The summed E-state index contributed by atoms with van der Waals surface area (Å²) in [4.78, 5) is 16.0. The highest BCUT2D eigenvalue weighted by Crippen LogP contribution is 2.46. The lowest BCUT2D eigenvalue weighted by atomic mass is 10.0. The third-order valence-electron chi connectivity index (χ3n) is 4.75. The molecule has 0 aromatic heterocycles. The highest BCUT2D eigenvalue weighted by Gasteiger charge is 2.37. The van der Waals surface area contributed by atoms with E-state index in [9.17, 15) is 4.79 Å². The van der Waals surface area contributed by atoms with Crippen molar-refractivity contribution >= 4 is 28.9 Å². The van der Waals surface area contributed by atoms with E-state index in [-0.39, 0.29) is 11.3 Å². The molecule has 5 nitrogen and oxygen atoms in total. The molecule has 0 amide bonds. The summed E-state index contributed by atoms with van der Waals surface area (Å²) in [6, 6.07) is 16.0. The normalized spacial score (nSPS) is 14.6. The van der Waals surface area contributed by atoms with Crippen molar-refractivity contribution < 1.29 is 14.3 Å². The number of nitrogens with zero attached hydrogens (tertiary/aromatic N) is 2. The molecule has 0 atom stereocenters. The number of ketones is 1. The first kappa shape index (κ1) is 20.1. The Morgan fingerprint density at radius 3 is 1.71 bits per heavy atom. The predicted octanol–water partition coefficient (Wildman–Crippen LogP) is 4.01. The van der Waals surface area contributed by atoms with Crippen molar-refractivity contribution in [2.45, 2.75) is 12.4 Å². The molecular weight excluding hydrogens is 372 g/mol. The summed E-state index contributed by atoms with van der Waals surface area (Å²) in [6.07, 6.45) is 0. The fourth-order valence-corrected chi connectivity index (χ4v) is 4.59. The summed E-state index contributed by atoms with van der Waals surface area (Å²) in [7, 11) is 7.47. The molecular formula is C22H26N2O3S. The van der Waals surface area contributed by atoms with Crippen LogP contribution in [0.1, 0.15) is 18.1 Å². The third-order valence-corrected chi connectivity index (χ3v) is 6.26. The minimum Gasteiger partial charge on any atom is -0.496 e. The number of Topliss-reactive ketones (excluding diaryl/α,β-unsaturated/α-hetero) is 1. The van der Waals surface area contributed by atoms with Gasteiger partial charge in [0.2, 0.25) is 0 Å². The second kappa shape index (κ2) is 8.61. The number of hydrogen-bond acceptors (Lipinski definition) is 6. The SMILES string of the molecule is COc1ccccc1C1=C(c2ccccc2OC)N(C)C(SCC(C)=O)N1C. The predicted molar refractivity (Wildman–Crippen MR) is 115 cm³/mol. The van der Waals surface area contributed by atoms with E-state index in [1.165, 1.54) is 0 Å². The van der Waals surface area contributed by atoms with Crippen LogP contribution in [0.15, 0.2) is 48.5 Å². The second-order valence-electron chi connectivity index (χ2n) is 6.66. The number of methoxy groups -OCH3 is 2. The van der Waals surface area contributed by atoms with Crippen LogP contribution in [-0.4, -0.2) is 55.1 Å². The maximum atomic E-state index is 11.6. The molecule has 6 heteroatoms. The molecule has 0 aliphatic carbocycles. The van der Waals surface area contributed by atoms with Gasteiger partial charge in [-0.15, -0.1) is 11.8 Å². The molecule has 0 unspecified atom stereocenters. The van der Waals surface area contributed by atoms with Crippen molar-refractivity contribution in [1.29, 1.82) is 0 Å². The average Bonchev–Trinajstić information content (AvgIpc) is 2.95. The van der Waals surface area contributed by atoms with Crippen LogP contribution < -0.4 is 9.47 Å². The quantitative estimate of drug-likeness (QED) is 0.702. The molecule has 0 radical (unpaired) electrons. The number of para-hydroxylation sites is 2. The molecule has 0 saturated heterocycles. The number of carbonyl (C=O) groups excluding carboxylic acids is 1. The van der Waals surface area contributed by atoms with Crippen LogP contribution >= 0.6 is 11.8 Å². The van der Waals surface area contributed by atoms with Gasteiger partial charge in [0.1, 0.15) is 17.3 Å². The van der Waals surface area contributed by atoms with Gasteiger partial charge in [0.15, 0.2) is 5.50 Å². The summed E-state index contributed by atoms with van der Waals surface area (Å²) < 4.78 is 11.3. The van der Waals surface area contributed by atoms with Crippen molar-refractivity contribution in [2.24, 2.45) is 0 Å². The largest absolute Gasteiger partial charge is 0.496 e. The Hall–Kier alpha value is -2.60. The minimum absolute atomic E-state index is 0.0104. The lowest BCUT2D eigenvalue weighted by Crippen LogP contribution is -2.33. The van der Waals surface area contributed by atoms with Gasteiger partial charge in [0, 0.05) is 25.2 Å². The zero-order valence-electron chi connectivity index (χ0n) is 16.9. The zero-order valence-corrected chi connectivity index (χ0v) is 17.7. The van der Waals surface area contributed by atoms with Gasteiger partial charge < -0.3 is 19.3 Å². The van der Waals surface area contributed by atoms with Gasteiger partial charge >= 0.3 is 0 Å². The molecule has 0 N–H and O–H groups in total. The lowest BCUT2D eigenvalue weighted by Gasteiger charge is -2.29. The van der Waals surface area contributed by atoms with Crippen LogP contribution in [0.5, 0.6) is 11.5 Å². The number of thioether (sulfide) groups is 1. The van der Waals surface area contributed by atoms with Crippen molar-refractivity contribution in [2.75, 3.05) is 34.1 Å². The fourth-order valence-electron chi connectivity index (χ4n) is 3.55. The Labute approximate surface area is 170 Å². The van der Waals surface area contributed by atoms with Crippen molar-refractivity contribution in [3.8, 4) is 11.5 Å². The van der Waals surface area contributed by atoms with E-state index in [0.717, 1.165) is 34.0 Å². The highest BCUT2D eigenvalue weighted by atomic mass is 32.2. The number of rotatable bonds is 7. The highest BCUT2D eigenvalue weighted by molar-refractivity contribution is 8.00. The number of carbonyl (C=O) groups is 1. The monoisotopic (exact) mass is 398 g/mol. The van der Waals surface area contributed by atoms with Gasteiger partial charge in [-0.3, -0.25) is 4.79 Å². The summed E-state index contributed by atoms with van der Waals surface area (Å²) in [5, 5.41) is 0. The first-order valence-electron chi connectivity index (χ1n) is 9.07. The van der Waals surface area contributed by atoms with E-state index < -0.39 is 0 Å². The van der Waals surface area contributed by atoms with E-state index >= 15 is 0 Å². The van der Waals surface area contributed by atoms with Crippen molar-refractivity contribution in [3.05, 3.63) is 59.7 Å². The van der Waals surface area contributed by atoms with Crippen LogP contribution in [0, 0.1) is 0 Å². The summed E-state index contributed by atoms with van der Waals surface area (Å²) in [6.45, 7) is 1.62. The van der Waals surface area contributed by atoms with Gasteiger partial charge in [-0.05, 0) is 31.2 Å². The van der Waals surface area contributed by atoms with Gasteiger partial charge in [-0.1, -0.05) is 24.3 Å². The molecule has 0 saturated carbocycles. The van der Waals surface area contributed by atoms with Crippen LogP contribution in [-0.2, 0) is 4.79 Å². The molecule has 1 aliphatic heterocycles. The molecule has 0 bridgehead atoms. The second-order valence-corrected chi connectivity index (χ2v) is 7.70. The van der Waals surface area contributed by atoms with E-state index in [2.05, 4.69) is 36.0 Å². The average molecular weight is 399 g/mol. The third kappa shape index (κ3) is 3.69. The van der Waals surface area contributed by atoms with Crippen LogP contribution in [0.25, 0.3) is 11.4 Å². The molecule has 1 aliphatic rings. The van der Waals surface area contributed by atoms with E-state index in [1.54, 1.807) is 32.9 Å². The molecule has 2 aromatic rings. The molecule has 28 heavy (non-hydrogen) atoms. The van der Waals surface area contributed by atoms with E-state index in [4.69, 9.17) is 9.47 Å². The van der Waals surface area contributed by atoms with E-state index in [1.807, 2.05) is 36.4 Å². The Bertz CT molecular complexity index is 833. The van der Waals surface area contributed by atoms with Crippen LogP contribution in [0.3, 0.4) is 0 Å².